The van der Waals surface area contributed by atoms with E-state index in [1.54, 1.807) is 13.8 Å². The van der Waals surface area contributed by atoms with Crippen molar-refractivity contribution in [3.05, 3.63) is 60.0 Å². The molecular formula is C20H20N2O4. The summed E-state index contributed by atoms with van der Waals surface area (Å²) >= 11 is 0. The zero-order valence-corrected chi connectivity index (χ0v) is 14.9. The molecule has 26 heavy (non-hydrogen) atoms. The van der Waals surface area contributed by atoms with Crippen molar-refractivity contribution in [3.63, 3.8) is 0 Å². The Labute approximate surface area is 151 Å². The SMILES string of the molecule is CCOC(=O)[C@H](C)N(C(=O)c1ccon1)c1c(C)ccc2ccccc12. The number of carbonyl (C=O) groups is 2. The van der Waals surface area contributed by atoms with Gasteiger partial charge in [-0.25, -0.2) is 4.79 Å². The van der Waals surface area contributed by atoms with Gasteiger partial charge in [0, 0.05) is 11.5 Å². The second kappa shape index (κ2) is 7.39. The van der Waals surface area contributed by atoms with Crippen molar-refractivity contribution in [2.45, 2.75) is 26.8 Å². The van der Waals surface area contributed by atoms with Crippen LogP contribution in [0.3, 0.4) is 0 Å². The zero-order valence-electron chi connectivity index (χ0n) is 14.9. The van der Waals surface area contributed by atoms with Crippen molar-refractivity contribution in [3.8, 4) is 0 Å². The third-order valence-corrected chi connectivity index (χ3v) is 4.23. The van der Waals surface area contributed by atoms with Gasteiger partial charge in [-0.15, -0.1) is 0 Å². The third kappa shape index (κ3) is 3.18. The molecule has 0 saturated heterocycles. The number of aryl methyl sites for hydroxylation is 1. The first-order chi connectivity index (χ1) is 12.5. The first-order valence-electron chi connectivity index (χ1n) is 8.43. The second-order valence-electron chi connectivity index (χ2n) is 5.94. The van der Waals surface area contributed by atoms with E-state index >= 15 is 0 Å². The molecule has 6 nitrogen and oxygen atoms in total. The monoisotopic (exact) mass is 352 g/mol. The van der Waals surface area contributed by atoms with Gasteiger partial charge in [0.25, 0.3) is 5.91 Å². The molecule has 0 aliphatic carbocycles. The molecule has 0 radical (unpaired) electrons. The number of hydrogen-bond donors (Lipinski definition) is 0. The van der Waals surface area contributed by atoms with Crippen molar-refractivity contribution in [2.24, 2.45) is 0 Å². The van der Waals surface area contributed by atoms with Crippen LogP contribution in [0.2, 0.25) is 0 Å². The van der Waals surface area contributed by atoms with Gasteiger partial charge in [0.1, 0.15) is 12.3 Å². The number of anilines is 1. The van der Waals surface area contributed by atoms with Crippen molar-refractivity contribution in [1.82, 2.24) is 5.16 Å². The highest BCUT2D eigenvalue weighted by Gasteiger charge is 2.32. The van der Waals surface area contributed by atoms with E-state index in [2.05, 4.69) is 5.16 Å². The lowest BCUT2D eigenvalue weighted by molar-refractivity contribution is -0.144. The smallest absolute Gasteiger partial charge is 0.328 e. The van der Waals surface area contributed by atoms with Crippen LogP contribution in [0.1, 0.15) is 29.9 Å². The number of amides is 1. The topological polar surface area (TPSA) is 72.6 Å². The van der Waals surface area contributed by atoms with E-state index in [-0.39, 0.29) is 12.3 Å². The lowest BCUT2D eigenvalue weighted by Crippen LogP contribution is -2.45. The van der Waals surface area contributed by atoms with Crippen molar-refractivity contribution in [2.75, 3.05) is 11.5 Å². The fraction of sp³-hybridized carbons (Fsp3) is 0.250. The van der Waals surface area contributed by atoms with Gasteiger partial charge in [-0.1, -0.05) is 41.6 Å². The number of rotatable bonds is 5. The summed E-state index contributed by atoms with van der Waals surface area (Å²) in [7, 11) is 0. The summed E-state index contributed by atoms with van der Waals surface area (Å²) in [6, 6.07) is 12.3. The summed E-state index contributed by atoms with van der Waals surface area (Å²) < 4.78 is 9.96. The molecule has 0 N–H and O–H groups in total. The van der Waals surface area contributed by atoms with Crippen LogP contribution in [0.4, 0.5) is 5.69 Å². The lowest BCUT2D eigenvalue weighted by atomic mass is 10.0. The average Bonchev–Trinajstić information content (AvgIpc) is 3.18. The maximum atomic E-state index is 13.1. The molecule has 0 saturated carbocycles. The third-order valence-electron chi connectivity index (χ3n) is 4.23. The highest BCUT2D eigenvalue weighted by Crippen LogP contribution is 2.33. The number of ether oxygens (including phenoxy) is 1. The Morgan fingerprint density at radius 2 is 1.96 bits per heavy atom. The van der Waals surface area contributed by atoms with Crippen LogP contribution in [0.5, 0.6) is 0 Å². The van der Waals surface area contributed by atoms with Gasteiger partial charge in [0.05, 0.1) is 12.3 Å². The minimum atomic E-state index is -0.816. The Bertz CT molecular complexity index is 934. The van der Waals surface area contributed by atoms with E-state index in [0.717, 1.165) is 16.3 Å². The lowest BCUT2D eigenvalue weighted by Gasteiger charge is -2.29. The highest BCUT2D eigenvalue weighted by molar-refractivity contribution is 6.13. The van der Waals surface area contributed by atoms with E-state index < -0.39 is 17.9 Å². The molecule has 0 spiro atoms. The number of nitrogens with zero attached hydrogens (tertiary/aromatic N) is 2. The Kier molecular flexibility index (Phi) is 5.02. The van der Waals surface area contributed by atoms with E-state index in [4.69, 9.17) is 9.26 Å². The Balaban J connectivity index is 2.19. The van der Waals surface area contributed by atoms with Gasteiger partial charge >= 0.3 is 5.97 Å². The Morgan fingerprint density at radius 3 is 2.65 bits per heavy atom. The van der Waals surface area contributed by atoms with E-state index in [1.807, 2.05) is 43.3 Å². The molecule has 134 valence electrons. The van der Waals surface area contributed by atoms with E-state index in [1.165, 1.54) is 17.2 Å². The first kappa shape index (κ1) is 17.7. The molecule has 0 unspecified atom stereocenters. The molecular weight excluding hydrogens is 332 g/mol. The standard InChI is InChI=1S/C20H20N2O4/c1-4-25-20(24)14(3)22(19(23)17-11-12-26-21-17)18-13(2)9-10-15-7-5-6-8-16(15)18/h5-12,14H,4H2,1-3H3/t14-/m0/s1. The fourth-order valence-electron chi connectivity index (χ4n) is 2.97. The molecule has 1 amide bonds. The summed E-state index contributed by atoms with van der Waals surface area (Å²) in [5.74, 6) is -0.893. The molecule has 0 aliphatic heterocycles. The number of carbonyl (C=O) groups excluding carboxylic acids is 2. The van der Waals surface area contributed by atoms with E-state index in [9.17, 15) is 9.59 Å². The first-order valence-corrected chi connectivity index (χ1v) is 8.43. The van der Waals surface area contributed by atoms with Crippen LogP contribution in [0.15, 0.2) is 53.3 Å². The van der Waals surface area contributed by atoms with Crippen LogP contribution in [-0.4, -0.2) is 29.7 Å². The minimum absolute atomic E-state index is 0.133. The summed E-state index contributed by atoms with van der Waals surface area (Å²) in [6.07, 6.45) is 1.33. The zero-order chi connectivity index (χ0) is 18.7. The normalized spacial score (nSPS) is 12.0. The maximum Gasteiger partial charge on any atom is 0.328 e. The molecule has 1 aromatic heterocycles. The molecule has 3 aromatic rings. The maximum absolute atomic E-state index is 13.1. The van der Waals surface area contributed by atoms with Crippen LogP contribution >= 0.6 is 0 Å². The van der Waals surface area contributed by atoms with Gasteiger partial charge in [0.2, 0.25) is 0 Å². The summed E-state index contributed by atoms with van der Waals surface area (Å²) in [6.45, 7) is 5.53. The molecule has 6 heteroatoms. The number of hydrogen-bond acceptors (Lipinski definition) is 5. The van der Waals surface area contributed by atoms with Gasteiger partial charge in [-0.05, 0) is 31.7 Å². The van der Waals surface area contributed by atoms with Crippen LogP contribution < -0.4 is 4.90 Å². The minimum Gasteiger partial charge on any atom is -0.464 e. The Morgan fingerprint density at radius 1 is 1.19 bits per heavy atom. The highest BCUT2D eigenvalue weighted by atomic mass is 16.5. The molecule has 1 atom stereocenters. The van der Waals surface area contributed by atoms with Gasteiger partial charge < -0.3 is 9.26 Å². The second-order valence-corrected chi connectivity index (χ2v) is 5.94. The number of aromatic nitrogens is 1. The summed E-state index contributed by atoms with van der Waals surface area (Å²) in [5, 5.41) is 5.59. The molecule has 3 rings (SSSR count). The number of esters is 1. The van der Waals surface area contributed by atoms with E-state index in [0.29, 0.717) is 5.69 Å². The molecule has 1 heterocycles. The van der Waals surface area contributed by atoms with Gasteiger partial charge in [0.15, 0.2) is 5.69 Å². The molecule has 0 fully saturated rings. The summed E-state index contributed by atoms with van der Waals surface area (Å²) in [5.41, 5.74) is 1.67. The molecule has 2 aromatic carbocycles. The quantitative estimate of drug-likeness (QED) is 0.654. The van der Waals surface area contributed by atoms with Crippen molar-refractivity contribution >= 4 is 28.3 Å². The molecule has 0 bridgehead atoms. The van der Waals surface area contributed by atoms with Gasteiger partial charge in [-0.2, -0.15) is 0 Å². The van der Waals surface area contributed by atoms with Crippen molar-refractivity contribution < 1.29 is 18.8 Å². The fourth-order valence-corrected chi connectivity index (χ4v) is 2.97. The van der Waals surface area contributed by atoms with Crippen molar-refractivity contribution in [1.29, 1.82) is 0 Å². The predicted molar refractivity (Wildman–Crippen MR) is 98.1 cm³/mol. The molecule has 0 aliphatic rings. The average molecular weight is 352 g/mol. The van der Waals surface area contributed by atoms with Crippen LogP contribution in [0.25, 0.3) is 10.8 Å². The largest absolute Gasteiger partial charge is 0.464 e. The van der Waals surface area contributed by atoms with Gasteiger partial charge in [-0.3, -0.25) is 9.69 Å². The Hall–Kier alpha value is -3.15. The number of benzene rings is 2. The predicted octanol–water partition coefficient (Wildman–Crippen LogP) is 3.73. The number of fused-ring (bicyclic) bond motifs is 1. The van der Waals surface area contributed by atoms with Crippen LogP contribution in [-0.2, 0) is 9.53 Å². The summed E-state index contributed by atoms with van der Waals surface area (Å²) in [4.78, 5) is 27.0. The van der Waals surface area contributed by atoms with Crippen LogP contribution in [0, 0.1) is 6.92 Å².